The molecule has 0 spiro atoms. The predicted molar refractivity (Wildman–Crippen MR) is 85.7 cm³/mol. The summed E-state index contributed by atoms with van der Waals surface area (Å²) in [6.45, 7) is 5.98. The van der Waals surface area contributed by atoms with Crippen LogP contribution in [0.3, 0.4) is 0 Å². The van der Waals surface area contributed by atoms with Crippen LogP contribution in [0.2, 0.25) is 0 Å². The maximum Gasteiger partial charge on any atom is 0.242 e. The molecule has 0 saturated carbocycles. The van der Waals surface area contributed by atoms with Crippen LogP contribution in [0.4, 0.5) is 0 Å². The van der Waals surface area contributed by atoms with Crippen LogP contribution in [0.1, 0.15) is 25.8 Å². The second kappa shape index (κ2) is 7.19. The van der Waals surface area contributed by atoms with Crippen LogP contribution in [-0.4, -0.2) is 33.7 Å². The fraction of sp³-hybridized carbons (Fsp3) is 0.571. The highest BCUT2D eigenvalue weighted by Crippen LogP contribution is 2.25. The quantitative estimate of drug-likeness (QED) is 0.796. The summed E-state index contributed by atoms with van der Waals surface area (Å²) >= 11 is 3.33. The molecule has 2 N–H and O–H groups in total. The van der Waals surface area contributed by atoms with E-state index in [1.54, 1.807) is 12.1 Å². The molecule has 1 heterocycles. The van der Waals surface area contributed by atoms with Gasteiger partial charge in [0.25, 0.3) is 0 Å². The molecule has 0 amide bonds. The first-order valence-electron chi connectivity index (χ1n) is 7.07. The summed E-state index contributed by atoms with van der Waals surface area (Å²) in [4.78, 5) is 0.275. The highest BCUT2D eigenvalue weighted by atomic mass is 79.9. The van der Waals surface area contributed by atoms with E-state index in [0.29, 0.717) is 24.0 Å². The lowest BCUT2D eigenvalue weighted by atomic mass is 10.2. The van der Waals surface area contributed by atoms with Gasteiger partial charge in [-0.1, -0.05) is 13.0 Å². The highest BCUT2D eigenvalue weighted by molar-refractivity contribution is 9.10. The zero-order valence-corrected chi connectivity index (χ0v) is 14.6. The monoisotopic (exact) mass is 376 g/mol. The molecule has 5 nitrogen and oxygen atoms in total. The Morgan fingerprint density at radius 3 is 2.81 bits per heavy atom. The van der Waals surface area contributed by atoms with E-state index in [1.165, 1.54) is 0 Å². The number of hydrogen-bond acceptors (Lipinski definition) is 4. The summed E-state index contributed by atoms with van der Waals surface area (Å²) in [5.41, 5.74) is 0.941. The Hall–Kier alpha value is -0.470. The second-order valence-electron chi connectivity index (χ2n) is 5.14. The Labute approximate surface area is 134 Å². The van der Waals surface area contributed by atoms with Crippen molar-refractivity contribution in [2.45, 2.75) is 43.9 Å². The predicted octanol–water partition coefficient (Wildman–Crippen LogP) is 2.01. The van der Waals surface area contributed by atoms with Crippen LogP contribution < -0.4 is 10.0 Å². The van der Waals surface area contributed by atoms with Crippen LogP contribution in [0, 0.1) is 0 Å². The fourth-order valence-corrected chi connectivity index (χ4v) is 4.63. The third kappa shape index (κ3) is 4.26. The van der Waals surface area contributed by atoms with Gasteiger partial charge in [-0.2, -0.15) is 0 Å². The zero-order chi connectivity index (χ0) is 15.5. The molecule has 0 radical (unpaired) electrons. The molecule has 118 valence electrons. The van der Waals surface area contributed by atoms with Gasteiger partial charge in [0.2, 0.25) is 10.0 Å². The lowest BCUT2D eigenvalue weighted by Gasteiger charge is -2.17. The van der Waals surface area contributed by atoms with Crippen molar-refractivity contribution in [2.75, 3.05) is 13.2 Å². The van der Waals surface area contributed by atoms with Gasteiger partial charge in [-0.15, -0.1) is 0 Å². The van der Waals surface area contributed by atoms with Gasteiger partial charge in [-0.3, -0.25) is 0 Å². The highest BCUT2D eigenvalue weighted by Gasteiger charge is 2.30. The minimum absolute atomic E-state index is 0.0940. The molecule has 1 saturated heterocycles. The average Bonchev–Trinajstić information content (AvgIpc) is 2.82. The minimum Gasteiger partial charge on any atom is -0.377 e. The number of sulfonamides is 1. The normalized spacial score (nSPS) is 22.6. The molecule has 7 heteroatoms. The van der Waals surface area contributed by atoms with Gasteiger partial charge in [0.15, 0.2) is 0 Å². The number of benzene rings is 1. The second-order valence-corrected chi connectivity index (χ2v) is 7.67. The molecule has 1 aliphatic heterocycles. The van der Waals surface area contributed by atoms with Crippen LogP contribution >= 0.6 is 15.9 Å². The van der Waals surface area contributed by atoms with Crippen molar-refractivity contribution < 1.29 is 13.2 Å². The van der Waals surface area contributed by atoms with Crippen molar-refractivity contribution in [2.24, 2.45) is 0 Å². The third-order valence-corrected chi connectivity index (χ3v) is 6.03. The minimum atomic E-state index is -3.56. The van der Waals surface area contributed by atoms with Crippen molar-refractivity contribution in [3.05, 3.63) is 28.2 Å². The lowest BCUT2D eigenvalue weighted by molar-refractivity contribution is 0.117. The van der Waals surface area contributed by atoms with Crippen LogP contribution in [0.5, 0.6) is 0 Å². The van der Waals surface area contributed by atoms with Gasteiger partial charge in [-0.25, -0.2) is 13.1 Å². The van der Waals surface area contributed by atoms with Crippen LogP contribution in [0.25, 0.3) is 0 Å². The number of ether oxygens (including phenoxy) is 1. The number of halogens is 1. The van der Waals surface area contributed by atoms with E-state index in [2.05, 4.69) is 26.0 Å². The Morgan fingerprint density at radius 2 is 2.19 bits per heavy atom. The zero-order valence-electron chi connectivity index (χ0n) is 12.2. The van der Waals surface area contributed by atoms with Gasteiger partial charge in [0.1, 0.15) is 0 Å². The Kier molecular flexibility index (Phi) is 5.79. The maximum absolute atomic E-state index is 12.6. The summed E-state index contributed by atoms with van der Waals surface area (Å²) in [6, 6.07) is 5.22. The Bertz CT molecular complexity index is 592. The molecule has 1 aliphatic rings. The Balaban J connectivity index is 2.22. The van der Waals surface area contributed by atoms with E-state index in [4.69, 9.17) is 4.74 Å². The van der Waals surface area contributed by atoms with Crippen LogP contribution in [0.15, 0.2) is 27.6 Å². The lowest BCUT2D eigenvalue weighted by Crippen LogP contribution is -2.39. The standard InChI is InChI=1S/C14H21BrN2O3S/c1-3-16-9-11-4-5-12(15)14(8-11)21(18,19)17-13-6-7-20-10(13)2/h4-5,8,10,13,16-17H,3,6-7,9H2,1-2H3. The molecule has 0 aliphatic carbocycles. The van der Waals surface area contributed by atoms with Crippen molar-refractivity contribution in [1.29, 1.82) is 0 Å². The maximum atomic E-state index is 12.6. The SMILES string of the molecule is CCNCc1ccc(Br)c(S(=O)(=O)NC2CCOC2C)c1. The van der Waals surface area contributed by atoms with Crippen molar-refractivity contribution in [3.63, 3.8) is 0 Å². The van der Waals surface area contributed by atoms with E-state index in [9.17, 15) is 8.42 Å². The van der Waals surface area contributed by atoms with Crippen molar-refractivity contribution >= 4 is 26.0 Å². The smallest absolute Gasteiger partial charge is 0.242 e. The van der Waals surface area contributed by atoms with E-state index in [-0.39, 0.29) is 17.0 Å². The molecule has 21 heavy (non-hydrogen) atoms. The molecule has 1 fully saturated rings. The van der Waals surface area contributed by atoms with Gasteiger partial charge in [-0.05, 0) is 53.5 Å². The molecular weight excluding hydrogens is 356 g/mol. The largest absolute Gasteiger partial charge is 0.377 e. The first kappa shape index (κ1) is 16.9. The molecular formula is C14H21BrN2O3S. The Morgan fingerprint density at radius 1 is 1.43 bits per heavy atom. The fourth-order valence-electron chi connectivity index (χ4n) is 2.28. The molecule has 2 rings (SSSR count). The van der Waals surface area contributed by atoms with Gasteiger partial charge in [0, 0.05) is 17.6 Å². The van der Waals surface area contributed by atoms with Crippen LogP contribution in [-0.2, 0) is 21.3 Å². The number of hydrogen-bond donors (Lipinski definition) is 2. The molecule has 2 atom stereocenters. The first-order valence-corrected chi connectivity index (χ1v) is 9.34. The molecule has 2 unspecified atom stereocenters. The summed E-state index contributed by atoms with van der Waals surface area (Å²) in [5.74, 6) is 0. The molecule has 0 aromatic heterocycles. The van der Waals surface area contributed by atoms with E-state index >= 15 is 0 Å². The van der Waals surface area contributed by atoms with Gasteiger partial charge in [0.05, 0.1) is 17.0 Å². The van der Waals surface area contributed by atoms with E-state index < -0.39 is 10.0 Å². The number of nitrogens with one attached hydrogen (secondary N) is 2. The molecule has 0 bridgehead atoms. The topological polar surface area (TPSA) is 67.4 Å². The summed E-state index contributed by atoms with van der Waals surface area (Å²) in [5, 5.41) is 3.19. The van der Waals surface area contributed by atoms with E-state index in [0.717, 1.165) is 12.1 Å². The third-order valence-electron chi connectivity index (χ3n) is 3.55. The van der Waals surface area contributed by atoms with Gasteiger partial charge < -0.3 is 10.1 Å². The molecule has 1 aromatic carbocycles. The summed E-state index contributed by atoms with van der Waals surface area (Å²) < 4.78 is 33.8. The van der Waals surface area contributed by atoms with E-state index in [1.807, 2.05) is 19.9 Å². The molecule has 1 aromatic rings. The van der Waals surface area contributed by atoms with Gasteiger partial charge >= 0.3 is 0 Å². The van der Waals surface area contributed by atoms with Crippen molar-refractivity contribution in [1.82, 2.24) is 10.0 Å². The number of rotatable bonds is 6. The summed E-state index contributed by atoms with van der Waals surface area (Å²) in [6.07, 6.45) is 0.609. The van der Waals surface area contributed by atoms with Crippen molar-refractivity contribution in [3.8, 4) is 0 Å². The average molecular weight is 377 g/mol. The first-order chi connectivity index (χ1) is 9.94. The summed E-state index contributed by atoms with van der Waals surface area (Å²) in [7, 11) is -3.56.